The summed E-state index contributed by atoms with van der Waals surface area (Å²) in [7, 11) is 0. The predicted molar refractivity (Wildman–Crippen MR) is 50.4 cm³/mol. The number of cyclic esters (lactones) is 1. The van der Waals surface area contributed by atoms with Gasteiger partial charge in [-0.1, -0.05) is 0 Å². The van der Waals surface area contributed by atoms with Crippen LogP contribution < -0.4 is 0 Å². The Labute approximate surface area is 128 Å². The molecule has 0 saturated carbocycles. The summed E-state index contributed by atoms with van der Waals surface area (Å²) in [5.41, 5.74) is -12.6. The SMILES string of the molecule is O=C1O[C@@](F)(C(F)(C(F)(F)F)C(F)(F)F)c2c(F)c(F)c(F)c(F)c21. The third-order valence-electron chi connectivity index (χ3n) is 3.25. The molecular formula is C11F12O2. The molecule has 0 amide bonds. The molecule has 0 aliphatic carbocycles. The zero-order chi connectivity index (χ0) is 19.7. The van der Waals surface area contributed by atoms with E-state index in [1.165, 1.54) is 0 Å². The van der Waals surface area contributed by atoms with Crippen molar-refractivity contribution in [2.24, 2.45) is 0 Å². The van der Waals surface area contributed by atoms with Crippen LogP contribution in [0.1, 0.15) is 15.9 Å². The Kier molecular flexibility index (Phi) is 3.79. The van der Waals surface area contributed by atoms with Crippen molar-refractivity contribution in [3.05, 3.63) is 34.4 Å². The Morgan fingerprint density at radius 3 is 1.52 bits per heavy atom. The highest BCUT2D eigenvalue weighted by Crippen LogP contribution is 2.61. The number of alkyl halides is 8. The van der Waals surface area contributed by atoms with Gasteiger partial charge in [0.15, 0.2) is 23.3 Å². The van der Waals surface area contributed by atoms with Crippen LogP contribution in [-0.2, 0) is 10.6 Å². The Morgan fingerprint density at radius 1 is 0.720 bits per heavy atom. The van der Waals surface area contributed by atoms with Gasteiger partial charge in [-0.3, -0.25) is 0 Å². The molecule has 1 aliphatic heterocycles. The molecule has 0 radical (unpaired) electrons. The average Bonchev–Trinajstić information content (AvgIpc) is 2.71. The second-order valence-electron chi connectivity index (χ2n) is 4.64. The van der Waals surface area contributed by atoms with E-state index in [2.05, 4.69) is 4.74 Å². The van der Waals surface area contributed by atoms with Gasteiger partial charge in [-0.25, -0.2) is 26.7 Å². The fourth-order valence-corrected chi connectivity index (χ4v) is 2.12. The lowest BCUT2D eigenvalue weighted by molar-refractivity contribution is -0.411. The van der Waals surface area contributed by atoms with E-state index in [9.17, 15) is 57.5 Å². The molecule has 140 valence electrons. The molecule has 0 fully saturated rings. The van der Waals surface area contributed by atoms with Crippen molar-refractivity contribution in [1.29, 1.82) is 0 Å². The fourth-order valence-electron chi connectivity index (χ4n) is 2.12. The summed E-state index contributed by atoms with van der Waals surface area (Å²) < 4.78 is 160. The molecule has 1 heterocycles. The van der Waals surface area contributed by atoms with Gasteiger partial charge < -0.3 is 4.74 Å². The van der Waals surface area contributed by atoms with Crippen LogP contribution >= 0.6 is 0 Å². The van der Waals surface area contributed by atoms with Crippen LogP contribution in [0, 0.1) is 23.3 Å². The van der Waals surface area contributed by atoms with E-state index in [4.69, 9.17) is 0 Å². The minimum atomic E-state index is -7.23. The van der Waals surface area contributed by atoms with Crippen LogP contribution in [0.15, 0.2) is 0 Å². The van der Waals surface area contributed by atoms with Crippen LogP contribution in [0.4, 0.5) is 52.7 Å². The molecule has 2 rings (SSSR count). The maximum atomic E-state index is 14.4. The average molecular weight is 392 g/mol. The van der Waals surface area contributed by atoms with Crippen molar-refractivity contribution in [3.63, 3.8) is 0 Å². The number of hydrogen-bond acceptors (Lipinski definition) is 2. The van der Waals surface area contributed by atoms with E-state index in [0.29, 0.717) is 0 Å². The molecule has 0 N–H and O–H groups in total. The van der Waals surface area contributed by atoms with E-state index < -0.39 is 64.2 Å². The lowest BCUT2D eigenvalue weighted by Crippen LogP contribution is -2.65. The van der Waals surface area contributed by atoms with Gasteiger partial charge >= 0.3 is 29.8 Å². The van der Waals surface area contributed by atoms with Crippen molar-refractivity contribution < 1.29 is 62.2 Å². The number of rotatable bonds is 1. The van der Waals surface area contributed by atoms with Crippen molar-refractivity contribution >= 4 is 5.97 Å². The van der Waals surface area contributed by atoms with Gasteiger partial charge in [-0.15, -0.1) is 0 Å². The largest absolute Gasteiger partial charge is 0.439 e. The van der Waals surface area contributed by atoms with E-state index in [1.807, 2.05) is 0 Å². The Bertz CT molecular complexity index is 750. The lowest BCUT2D eigenvalue weighted by atomic mass is 9.87. The number of carbonyl (C=O) groups is 1. The van der Waals surface area contributed by atoms with Crippen LogP contribution in [0.3, 0.4) is 0 Å². The second kappa shape index (κ2) is 4.94. The van der Waals surface area contributed by atoms with Crippen molar-refractivity contribution in [2.75, 3.05) is 0 Å². The number of carbonyl (C=O) groups excluding carboxylic acids is 1. The molecule has 14 heteroatoms. The van der Waals surface area contributed by atoms with Crippen LogP contribution in [-0.4, -0.2) is 24.0 Å². The van der Waals surface area contributed by atoms with Crippen molar-refractivity contribution in [2.45, 2.75) is 23.9 Å². The molecule has 0 aromatic heterocycles. The third-order valence-corrected chi connectivity index (χ3v) is 3.25. The number of hydrogen-bond donors (Lipinski definition) is 0. The first-order valence-corrected chi connectivity index (χ1v) is 5.63. The van der Waals surface area contributed by atoms with E-state index in [1.54, 1.807) is 0 Å². The Balaban J connectivity index is 2.99. The van der Waals surface area contributed by atoms with Crippen molar-refractivity contribution in [3.8, 4) is 0 Å². The highest BCUT2D eigenvalue weighted by Gasteiger charge is 2.87. The summed E-state index contributed by atoms with van der Waals surface area (Å²) in [6.45, 7) is 0. The maximum Gasteiger partial charge on any atom is 0.439 e. The number of benzene rings is 1. The monoisotopic (exact) mass is 392 g/mol. The molecule has 1 aliphatic rings. The first kappa shape index (κ1) is 19.2. The molecule has 1 atom stereocenters. The van der Waals surface area contributed by atoms with Gasteiger partial charge in [-0.05, 0) is 0 Å². The fraction of sp³-hybridized carbons (Fsp3) is 0.364. The molecule has 0 spiro atoms. The molecule has 1 aromatic carbocycles. The van der Waals surface area contributed by atoms with E-state index >= 15 is 0 Å². The number of fused-ring (bicyclic) bond motifs is 1. The molecule has 0 unspecified atom stereocenters. The first-order chi connectivity index (χ1) is 11.0. The van der Waals surface area contributed by atoms with Gasteiger partial charge in [0.2, 0.25) is 0 Å². The zero-order valence-electron chi connectivity index (χ0n) is 10.9. The summed E-state index contributed by atoms with van der Waals surface area (Å²) >= 11 is 0. The summed E-state index contributed by atoms with van der Waals surface area (Å²) in [5.74, 6) is -20.9. The second-order valence-corrected chi connectivity index (χ2v) is 4.64. The minimum Gasteiger partial charge on any atom is -0.416 e. The van der Waals surface area contributed by atoms with Gasteiger partial charge in [0, 0.05) is 0 Å². The van der Waals surface area contributed by atoms with Crippen molar-refractivity contribution in [1.82, 2.24) is 0 Å². The first-order valence-electron chi connectivity index (χ1n) is 5.63. The summed E-state index contributed by atoms with van der Waals surface area (Å²) in [6.07, 6.45) is -14.5. The van der Waals surface area contributed by atoms with E-state index in [-0.39, 0.29) is 0 Å². The van der Waals surface area contributed by atoms with Crippen LogP contribution in [0.2, 0.25) is 0 Å². The van der Waals surface area contributed by atoms with E-state index in [0.717, 1.165) is 0 Å². The minimum absolute atomic E-state index is 2.48. The lowest BCUT2D eigenvalue weighted by Gasteiger charge is -2.37. The molecule has 0 saturated heterocycles. The predicted octanol–water partition coefficient (Wildman–Crippen LogP) is 4.37. The molecule has 0 bridgehead atoms. The topological polar surface area (TPSA) is 26.3 Å². The normalized spacial score (nSPS) is 21.4. The highest BCUT2D eigenvalue weighted by atomic mass is 19.4. The standard InChI is InChI=1S/C11F12O2/c12-3-1-2(4(13)6(15)5(3)14)8(16,25-7(1)24)9(17,10(18,19)20)11(21,22)23/t8-/m1/s1. The molecular weight excluding hydrogens is 392 g/mol. The highest BCUT2D eigenvalue weighted by molar-refractivity contribution is 5.95. The molecule has 25 heavy (non-hydrogen) atoms. The van der Waals surface area contributed by atoms with Crippen LogP contribution in [0.5, 0.6) is 0 Å². The van der Waals surface area contributed by atoms with Crippen LogP contribution in [0.25, 0.3) is 0 Å². The zero-order valence-corrected chi connectivity index (χ0v) is 10.9. The molecule has 1 aromatic rings. The quantitative estimate of drug-likeness (QED) is 0.307. The number of halogens is 12. The summed E-state index contributed by atoms with van der Waals surface area (Å²) in [4.78, 5) is 11.2. The van der Waals surface area contributed by atoms with Gasteiger partial charge in [0.25, 0.3) is 0 Å². The number of ether oxygens (including phenoxy) is 1. The smallest absolute Gasteiger partial charge is 0.416 e. The summed E-state index contributed by atoms with van der Waals surface area (Å²) in [6, 6.07) is 0. The maximum absolute atomic E-state index is 14.4. The Morgan fingerprint density at radius 2 is 1.12 bits per heavy atom. The summed E-state index contributed by atoms with van der Waals surface area (Å²) in [5, 5.41) is 0. The Hall–Kier alpha value is -2.15. The van der Waals surface area contributed by atoms with Gasteiger partial charge in [-0.2, -0.15) is 30.7 Å². The number of esters is 1. The van der Waals surface area contributed by atoms with Gasteiger partial charge in [0.1, 0.15) is 5.56 Å². The molecule has 2 nitrogen and oxygen atoms in total. The van der Waals surface area contributed by atoms with Gasteiger partial charge in [0.05, 0.1) is 5.56 Å². The third kappa shape index (κ3) is 2.11.